The molecule has 126 valence electrons. The molecule has 0 aromatic heterocycles. The molecule has 0 N–H and O–H groups in total. The van der Waals surface area contributed by atoms with Gasteiger partial charge in [0.25, 0.3) is 0 Å². The summed E-state index contributed by atoms with van der Waals surface area (Å²) in [6.45, 7) is 0. The second kappa shape index (κ2) is 7.09. The van der Waals surface area contributed by atoms with Gasteiger partial charge in [0.1, 0.15) is 0 Å². The summed E-state index contributed by atoms with van der Waals surface area (Å²) in [4.78, 5) is 27.6. The van der Waals surface area contributed by atoms with Gasteiger partial charge in [-0.3, -0.25) is 0 Å². The van der Waals surface area contributed by atoms with Gasteiger partial charge in [-0.1, -0.05) is 35.3 Å². The summed E-state index contributed by atoms with van der Waals surface area (Å²) in [5.74, 6) is -0.903. The monoisotopic (exact) mass is 375 g/mol. The smallest absolute Gasteiger partial charge is 0.363 e. The van der Waals surface area contributed by atoms with Gasteiger partial charge in [0.2, 0.25) is 5.90 Å². The molecule has 0 aliphatic carbocycles. The molecule has 5 nitrogen and oxygen atoms in total. The van der Waals surface area contributed by atoms with Gasteiger partial charge < -0.3 is 9.47 Å². The first-order valence-electron chi connectivity index (χ1n) is 7.14. The Kier molecular flexibility index (Phi) is 4.88. The highest BCUT2D eigenvalue weighted by atomic mass is 35.5. The quantitative estimate of drug-likeness (QED) is 0.597. The molecular formula is C18H11Cl2NO4. The highest BCUT2D eigenvalue weighted by molar-refractivity contribution is 6.37. The average molecular weight is 376 g/mol. The van der Waals surface area contributed by atoms with Gasteiger partial charge in [-0.05, 0) is 42.0 Å². The van der Waals surface area contributed by atoms with Crippen molar-refractivity contribution in [2.75, 3.05) is 7.11 Å². The lowest BCUT2D eigenvalue weighted by Crippen LogP contribution is -2.05. The zero-order valence-electron chi connectivity index (χ0n) is 13.0. The number of hydrogen-bond donors (Lipinski definition) is 0. The number of nitrogens with zero attached hydrogens (tertiary/aromatic N) is 1. The first-order valence-corrected chi connectivity index (χ1v) is 7.90. The zero-order chi connectivity index (χ0) is 18.0. The summed E-state index contributed by atoms with van der Waals surface area (Å²) >= 11 is 12.0. The number of ether oxygens (including phenoxy) is 2. The lowest BCUT2D eigenvalue weighted by Gasteiger charge is -2.02. The molecular weight excluding hydrogens is 365 g/mol. The lowest BCUT2D eigenvalue weighted by molar-refractivity contribution is -0.129. The van der Waals surface area contributed by atoms with Crippen molar-refractivity contribution < 1.29 is 19.1 Å². The van der Waals surface area contributed by atoms with Crippen molar-refractivity contribution in [2.24, 2.45) is 4.99 Å². The highest BCUT2D eigenvalue weighted by Crippen LogP contribution is 2.26. The van der Waals surface area contributed by atoms with Crippen molar-refractivity contribution in [3.8, 4) is 0 Å². The van der Waals surface area contributed by atoms with E-state index >= 15 is 0 Å². The molecule has 1 aliphatic rings. The van der Waals surface area contributed by atoms with Crippen molar-refractivity contribution in [3.63, 3.8) is 0 Å². The molecule has 25 heavy (non-hydrogen) atoms. The second-order valence-electron chi connectivity index (χ2n) is 5.07. The minimum Gasteiger partial charge on any atom is -0.465 e. The van der Waals surface area contributed by atoms with E-state index in [2.05, 4.69) is 9.73 Å². The molecule has 0 unspecified atom stereocenters. The zero-order valence-corrected chi connectivity index (χ0v) is 14.5. The predicted octanol–water partition coefficient (Wildman–Crippen LogP) is 4.12. The standard InChI is InChI=1S/C18H11Cl2NO4/c1-24-17(22)11-4-2-10(3-5-11)8-15-18(23)25-16(21-15)13-7-6-12(19)9-14(13)20/h2-9H,1H3/b15-8-. The summed E-state index contributed by atoms with van der Waals surface area (Å²) in [5.41, 5.74) is 1.71. The third-order valence-electron chi connectivity index (χ3n) is 3.42. The number of aliphatic imine (C=N–C) groups is 1. The fourth-order valence-corrected chi connectivity index (χ4v) is 2.67. The molecule has 0 bridgehead atoms. The van der Waals surface area contributed by atoms with Crippen LogP contribution in [0.1, 0.15) is 21.5 Å². The van der Waals surface area contributed by atoms with Gasteiger partial charge in [0, 0.05) is 5.02 Å². The maximum Gasteiger partial charge on any atom is 0.363 e. The van der Waals surface area contributed by atoms with Crippen LogP contribution in [-0.2, 0) is 14.3 Å². The predicted molar refractivity (Wildman–Crippen MR) is 94.8 cm³/mol. The van der Waals surface area contributed by atoms with Gasteiger partial charge in [0.05, 0.1) is 23.3 Å². The van der Waals surface area contributed by atoms with E-state index < -0.39 is 11.9 Å². The van der Waals surface area contributed by atoms with E-state index in [1.165, 1.54) is 7.11 Å². The molecule has 0 saturated heterocycles. The Morgan fingerprint density at radius 2 is 1.88 bits per heavy atom. The summed E-state index contributed by atoms with van der Waals surface area (Å²) in [5, 5.41) is 0.808. The third-order valence-corrected chi connectivity index (χ3v) is 3.97. The largest absolute Gasteiger partial charge is 0.465 e. The molecule has 0 radical (unpaired) electrons. The first-order chi connectivity index (χ1) is 12.0. The second-order valence-corrected chi connectivity index (χ2v) is 5.92. The Morgan fingerprint density at radius 3 is 2.52 bits per heavy atom. The van der Waals surface area contributed by atoms with Crippen molar-refractivity contribution in [1.82, 2.24) is 0 Å². The normalized spacial score (nSPS) is 15.1. The van der Waals surface area contributed by atoms with Crippen molar-refractivity contribution in [1.29, 1.82) is 0 Å². The molecule has 0 atom stereocenters. The summed E-state index contributed by atoms with van der Waals surface area (Å²) in [6.07, 6.45) is 1.56. The molecule has 0 spiro atoms. The van der Waals surface area contributed by atoms with Crippen LogP contribution in [0.3, 0.4) is 0 Å². The number of rotatable bonds is 3. The van der Waals surface area contributed by atoms with Crippen LogP contribution in [0.4, 0.5) is 0 Å². The van der Waals surface area contributed by atoms with Crippen LogP contribution in [0.2, 0.25) is 10.0 Å². The number of carbonyl (C=O) groups is 2. The first kappa shape index (κ1) is 17.2. The van der Waals surface area contributed by atoms with E-state index in [1.807, 2.05) is 0 Å². The van der Waals surface area contributed by atoms with Crippen LogP contribution >= 0.6 is 23.2 Å². The van der Waals surface area contributed by atoms with Crippen LogP contribution in [0.25, 0.3) is 6.08 Å². The Morgan fingerprint density at radius 1 is 1.16 bits per heavy atom. The topological polar surface area (TPSA) is 65.0 Å². The maximum atomic E-state index is 12.0. The number of cyclic esters (lactones) is 1. The molecule has 7 heteroatoms. The van der Waals surface area contributed by atoms with Gasteiger partial charge in [0.15, 0.2) is 5.70 Å². The van der Waals surface area contributed by atoms with E-state index in [0.717, 1.165) is 0 Å². The molecule has 0 saturated carbocycles. The Hall–Kier alpha value is -2.63. The minimum atomic E-state index is -0.585. The van der Waals surface area contributed by atoms with Gasteiger partial charge >= 0.3 is 11.9 Å². The van der Waals surface area contributed by atoms with Crippen molar-refractivity contribution in [2.45, 2.75) is 0 Å². The van der Waals surface area contributed by atoms with Crippen LogP contribution in [0.15, 0.2) is 53.2 Å². The summed E-state index contributed by atoms with van der Waals surface area (Å²) in [6, 6.07) is 11.3. The van der Waals surface area contributed by atoms with E-state index in [4.69, 9.17) is 27.9 Å². The Balaban J connectivity index is 1.89. The van der Waals surface area contributed by atoms with Crippen LogP contribution in [-0.4, -0.2) is 24.9 Å². The fourth-order valence-electron chi connectivity index (χ4n) is 2.18. The van der Waals surface area contributed by atoms with Crippen molar-refractivity contribution in [3.05, 3.63) is 74.9 Å². The molecule has 0 fully saturated rings. The number of halogens is 2. The Labute approximate surface area is 153 Å². The number of methoxy groups -OCH3 is 1. The van der Waals surface area contributed by atoms with Gasteiger partial charge in [-0.2, -0.15) is 0 Å². The van der Waals surface area contributed by atoms with Crippen LogP contribution in [0.5, 0.6) is 0 Å². The van der Waals surface area contributed by atoms with Gasteiger partial charge in [-0.25, -0.2) is 14.6 Å². The third kappa shape index (κ3) is 3.73. The SMILES string of the molecule is COC(=O)c1ccc(/C=C2\N=C(c3ccc(Cl)cc3Cl)OC2=O)cc1. The number of esters is 2. The number of benzene rings is 2. The molecule has 2 aromatic rings. The van der Waals surface area contributed by atoms with Crippen molar-refractivity contribution >= 4 is 47.1 Å². The van der Waals surface area contributed by atoms with E-state index in [1.54, 1.807) is 48.5 Å². The highest BCUT2D eigenvalue weighted by Gasteiger charge is 2.25. The lowest BCUT2D eigenvalue weighted by atomic mass is 10.1. The van der Waals surface area contributed by atoms with E-state index in [-0.39, 0.29) is 11.6 Å². The van der Waals surface area contributed by atoms with Crippen LogP contribution < -0.4 is 0 Å². The molecule has 1 aliphatic heterocycles. The maximum absolute atomic E-state index is 12.0. The van der Waals surface area contributed by atoms with Gasteiger partial charge in [-0.15, -0.1) is 0 Å². The average Bonchev–Trinajstić information content (AvgIpc) is 2.95. The molecule has 2 aromatic carbocycles. The van der Waals surface area contributed by atoms with E-state index in [9.17, 15) is 9.59 Å². The molecule has 1 heterocycles. The molecule has 3 rings (SSSR count). The summed E-state index contributed by atoms with van der Waals surface area (Å²) < 4.78 is 9.81. The van der Waals surface area contributed by atoms with E-state index in [0.29, 0.717) is 26.7 Å². The fraction of sp³-hybridized carbons (Fsp3) is 0.0556. The Bertz CT molecular complexity index is 917. The number of carbonyl (C=O) groups excluding carboxylic acids is 2. The minimum absolute atomic E-state index is 0.115. The van der Waals surface area contributed by atoms with Crippen LogP contribution in [0, 0.1) is 0 Å². The molecule has 0 amide bonds. The summed E-state index contributed by atoms with van der Waals surface area (Å²) in [7, 11) is 1.31. The number of hydrogen-bond acceptors (Lipinski definition) is 5.